The second-order valence-corrected chi connectivity index (χ2v) is 6.19. The van der Waals surface area contributed by atoms with Crippen LogP contribution in [0.2, 0.25) is 10.0 Å². The van der Waals surface area contributed by atoms with Gasteiger partial charge in [-0.05, 0) is 24.3 Å². The normalized spacial score (nSPS) is 12.3. The molecule has 1 aromatic heterocycles. The van der Waals surface area contributed by atoms with E-state index in [0.29, 0.717) is 21.7 Å². The summed E-state index contributed by atoms with van der Waals surface area (Å²) in [6, 6.07) is 11.6. The molecule has 0 saturated heterocycles. The smallest absolute Gasteiger partial charge is 0.328 e. The Morgan fingerprint density at radius 2 is 1.88 bits per heavy atom. The van der Waals surface area contributed by atoms with Gasteiger partial charge in [0.05, 0.1) is 22.5 Å². The second-order valence-electron chi connectivity index (χ2n) is 5.41. The van der Waals surface area contributed by atoms with E-state index in [4.69, 9.17) is 27.9 Å². The summed E-state index contributed by atoms with van der Waals surface area (Å²) >= 11 is 11.9. The Labute approximate surface area is 152 Å². The molecule has 2 aromatic carbocycles. The molecule has 0 radical (unpaired) electrons. The maximum atomic E-state index is 12.4. The molecule has 1 atom stereocenters. The van der Waals surface area contributed by atoms with Crippen LogP contribution in [0.3, 0.4) is 0 Å². The Bertz CT molecular complexity index is 1030. The molecule has 130 valence electrons. The van der Waals surface area contributed by atoms with Crippen LogP contribution in [0, 0.1) is 0 Å². The fourth-order valence-corrected chi connectivity index (χ4v) is 2.76. The van der Waals surface area contributed by atoms with E-state index in [1.54, 1.807) is 42.5 Å². The number of hydrogen-bond donors (Lipinski definition) is 2. The zero-order valence-electron chi connectivity index (χ0n) is 12.9. The van der Waals surface area contributed by atoms with Gasteiger partial charge in [-0.3, -0.25) is 9.36 Å². The van der Waals surface area contributed by atoms with E-state index < -0.39 is 17.4 Å². The van der Waals surface area contributed by atoms with Crippen LogP contribution in [0.4, 0.5) is 0 Å². The first-order valence-electron chi connectivity index (χ1n) is 7.44. The van der Waals surface area contributed by atoms with Crippen molar-refractivity contribution >= 4 is 34.1 Å². The van der Waals surface area contributed by atoms with Crippen molar-refractivity contribution in [3.63, 3.8) is 0 Å². The number of aromatic nitrogens is 2. The molecule has 1 heterocycles. The Morgan fingerprint density at radius 3 is 2.68 bits per heavy atom. The van der Waals surface area contributed by atoms with Gasteiger partial charge in [0.15, 0.2) is 0 Å². The number of fused-ring (bicyclic) bond motifs is 1. The van der Waals surface area contributed by atoms with Gasteiger partial charge in [-0.1, -0.05) is 41.4 Å². The Morgan fingerprint density at radius 1 is 1.12 bits per heavy atom. The zero-order valence-corrected chi connectivity index (χ0v) is 14.4. The molecule has 25 heavy (non-hydrogen) atoms. The molecule has 0 spiro atoms. The van der Waals surface area contributed by atoms with E-state index in [9.17, 15) is 14.7 Å². The molecule has 6 nitrogen and oxygen atoms in total. The number of halogens is 2. The zero-order chi connectivity index (χ0) is 18.0. The summed E-state index contributed by atoms with van der Waals surface area (Å²) < 4.78 is 6.37. The lowest BCUT2D eigenvalue weighted by Crippen LogP contribution is -2.39. The number of aliphatic hydroxyl groups is 1. The van der Waals surface area contributed by atoms with E-state index in [-0.39, 0.29) is 18.2 Å². The van der Waals surface area contributed by atoms with Crippen LogP contribution in [-0.2, 0) is 6.54 Å². The molecule has 0 unspecified atom stereocenters. The first-order chi connectivity index (χ1) is 12.0. The predicted molar refractivity (Wildman–Crippen MR) is 96.8 cm³/mol. The molecule has 0 saturated carbocycles. The Kier molecular flexibility index (Phi) is 5.13. The molecule has 0 fully saturated rings. The van der Waals surface area contributed by atoms with Crippen molar-refractivity contribution in [3.8, 4) is 5.75 Å². The second kappa shape index (κ2) is 7.31. The van der Waals surface area contributed by atoms with E-state index in [0.717, 1.165) is 4.57 Å². The molecule has 0 amide bonds. The lowest BCUT2D eigenvalue weighted by Gasteiger charge is -2.14. The SMILES string of the molecule is O=c1[nH]c2ccccc2c(=O)n1C[C@H](O)COc1cccc(Cl)c1Cl. The summed E-state index contributed by atoms with van der Waals surface area (Å²) in [4.78, 5) is 27.1. The summed E-state index contributed by atoms with van der Waals surface area (Å²) in [5.41, 5.74) is -0.618. The number of para-hydroxylation sites is 1. The molecule has 0 aliphatic heterocycles. The van der Waals surface area contributed by atoms with Gasteiger partial charge in [0, 0.05) is 0 Å². The highest BCUT2D eigenvalue weighted by Gasteiger charge is 2.14. The van der Waals surface area contributed by atoms with Crippen molar-refractivity contribution in [1.82, 2.24) is 9.55 Å². The average molecular weight is 381 g/mol. The van der Waals surface area contributed by atoms with Gasteiger partial charge < -0.3 is 14.8 Å². The highest BCUT2D eigenvalue weighted by atomic mass is 35.5. The number of hydrogen-bond acceptors (Lipinski definition) is 4. The Hall–Kier alpha value is -2.28. The molecule has 0 aliphatic carbocycles. The van der Waals surface area contributed by atoms with Crippen LogP contribution in [0.5, 0.6) is 5.75 Å². The maximum absolute atomic E-state index is 12.4. The van der Waals surface area contributed by atoms with Gasteiger partial charge in [-0.2, -0.15) is 0 Å². The molecule has 0 bridgehead atoms. The number of aliphatic hydroxyl groups excluding tert-OH is 1. The fraction of sp³-hybridized carbons (Fsp3) is 0.176. The molecule has 2 N–H and O–H groups in total. The van der Waals surface area contributed by atoms with Crippen LogP contribution in [0.25, 0.3) is 10.9 Å². The van der Waals surface area contributed by atoms with Crippen LogP contribution >= 0.6 is 23.2 Å². The van der Waals surface area contributed by atoms with Gasteiger partial charge >= 0.3 is 5.69 Å². The topological polar surface area (TPSA) is 84.3 Å². The standard InChI is InChI=1S/C17H14Cl2N2O4/c18-12-5-3-7-14(15(12)19)25-9-10(22)8-21-16(23)11-4-1-2-6-13(11)20-17(21)24/h1-7,10,22H,8-9H2,(H,20,24)/t10-/m0/s1. The van der Waals surface area contributed by atoms with Crippen LogP contribution < -0.4 is 16.0 Å². The van der Waals surface area contributed by atoms with Crippen LogP contribution in [-0.4, -0.2) is 27.4 Å². The quantitative estimate of drug-likeness (QED) is 0.711. The van der Waals surface area contributed by atoms with Gasteiger partial charge in [-0.25, -0.2) is 4.79 Å². The van der Waals surface area contributed by atoms with E-state index >= 15 is 0 Å². The van der Waals surface area contributed by atoms with E-state index in [2.05, 4.69) is 4.98 Å². The summed E-state index contributed by atoms with van der Waals surface area (Å²) in [5, 5.41) is 11.1. The largest absolute Gasteiger partial charge is 0.489 e. The molecular formula is C17H14Cl2N2O4. The van der Waals surface area contributed by atoms with E-state index in [1.807, 2.05) is 0 Å². The third-order valence-electron chi connectivity index (χ3n) is 3.63. The van der Waals surface area contributed by atoms with Crippen molar-refractivity contribution in [3.05, 3.63) is 73.3 Å². The van der Waals surface area contributed by atoms with Crippen LogP contribution in [0.1, 0.15) is 0 Å². The summed E-state index contributed by atoms with van der Waals surface area (Å²) in [5.74, 6) is 0.313. The van der Waals surface area contributed by atoms with Crippen LogP contribution in [0.15, 0.2) is 52.1 Å². The number of nitrogens with one attached hydrogen (secondary N) is 1. The summed E-state index contributed by atoms with van der Waals surface area (Å²) in [6.45, 7) is -0.365. The maximum Gasteiger partial charge on any atom is 0.328 e. The van der Waals surface area contributed by atoms with Crippen molar-refractivity contribution in [2.45, 2.75) is 12.6 Å². The average Bonchev–Trinajstić information content (AvgIpc) is 2.60. The number of H-pyrrole nitrogens is 1. The molecule has 3 aromatic rings. The van der Waals surface area contributed by atoms with Crippen molar-refractivity contribution in [1.29, 1.82) is 0 Å². The predicted octanol–water partition coefficient (Wildman–Crippen LogP) is 2.44. The summed E-state index contributed by atoms with van der Waals surface area (Å²) in [7, 11) is 0. The summed E-state index contributed by atoms with van der Waals surface area (Å²) in [6.07, 6.45) is -1.09. The third-order valence-corrected chi connectivity index (χ3v) is 4.43. The van der Waals surface area contributed by atoms with Gasteiger partial charge in [-0.15, -0.1) is 0 Å². The third kappa shape index (κ3) is 3.71. The van der Waals surface area contributed by atoms with Gasteiger partial charge in [0.2, 0.25) is 0 Å². The minimum absolute atomic E-state index is 0.154. The highest BCUT2D eigenvalue weighted by Crippen LogP contribution is 2.31. The number of aromatic amines is 1. The number of benzene rings is 2. The van der Waals surface area contributed by atoms with Crippen molar-refractivity contribution in [2.75, 3.05) is 6.61 Å². The lowest BCUT2D eigenvalue weighted by atomic mass is 10.2. The monoisotopic (exact) mass is 380 g/mol. The number of rotatable bonds is 5. The Balaban J connectivity index is 1.78. The molecular weight excluding hydrogens is 367 g/mol. The molecule has 8 heteroatoms. The molecule has 3 rings (SSSR count). The van der Waals surface area contributed by atoms with Gasteiger partial charge in [0.25, 0.3) is 5.56 Å². The first kappa shape index (κ1) is 17.5. The number of ether oxygens (including phenoxy) is 1. The van der Waals surface area contributed by atoms with Gasteiger partial charge in [0.1, 0.15) is 23.5 Å². The fourth-order valence-electron chi connectivity index (χ4n) is 2.41. The minimum atomic E-state index is -1.09. The van der Waals surface area contributed by atoms with Crippen molar-refractivity contribution < 1.29 is 9.84 Å². The minimum Gasteiger partial charge on any atom is -0.489 e. The highest BCUT2D eigenvalue weighted by molar-refractivity contribution is 6.42. The molecule has 0 aliphatic rings. The first-order valence-corrected chi connectivity index (χ1v) is 8.19. The van der Waals surface area contributed by atoms with Crippen molar-refractivity contribution in [2.24, 2.45) is 0 Å². The van der Waals surface area contributed by atoms with E-state index in [1.165, 1.54) is 0 Å². The lowest BCUT2D eigenvalue weighted by molar-refractivity contribution is 0.0906. The number of nitrogens with zero attached hydrogens (tertiary/aromatic N) is 1.